The standard InChI is InChI=1S/C30H17BClNO/c32-19-8-5-7-18(17-19)20-15-16-24-21-9-1-3-12-25(21)33-26-13-6-11-23-22-10-2-4-14-27(22)34-31(28(23)26)29(20)30(24)33/h1-17H. The van der Waals surface area contributed by atoms with Gasteiger partial charge in [-0.3, -0.25) is 0 Å². The number of fused-ring (bicyclic) bond motifs is 7. The van der Waals surface area contributed by atoms with E-state index in [1.54, 1.807) is 0 Å². The van der Waals surface area contributed by atoms with Gasteiger partial charge in [0.15, 0.2) is 0 Å². The quantitative estimate of drug-likeness (QED) is 0.256. The monoisotopic (exact) mass is 453 g/mol. The van der Waals surface area contributed by atoms with Crippen LogP contribution in [0.1, 0.15) is 0 Å². The third-order valence-corrected chi connectivity index (χ3v) is 7.52. The molecule has 0 fully saturated rings. The second-order valence-corrected chi connectivity index (χ2v) is 9.45. The van der Waals surface area contributed by atoms with Crippen molar-refractivity contribution >= 4 is 51.2 Å². The minimum Gasteiger partial charge on any atom is -0.551 e. The van der Waals surface area contributed by atoms with E-state index in [0.717, 1.165) is 27.5 Å². The van der Waals surface area contributed by atoms with Crippen molar-refractivity contribution in [3.63, 3.8) is 0 Å². The van der Waals surface area contributed by atoms with Gasteiger partial charge in [-0.25, -0.2) is 0 Å². The first-order valence-corrected chi connectivity index (χ1v) is 11.9. The second-order valence-electron chi connectivity index (χ2n) is 9.02. The molecule has 0 atom stereocenters. The summed E-state index contributed by atoms with van der Waals surface area (Å²) in [5, 5.41) is 3.23. The molecule has 3 heterocycles. The smallest absolute Gasteiger partial charge is 0.432 e. The minimum atomic E-state index is -0.199. The van der Waals surface area contributed by atoms with E-state index in [9.17, 15) is 0 Å². The fourth-order valence-corrected chi connectivity index (χ4v) is 6.14. The van der Waals surface area contributed by atoms with E-state index >= 15 is 0 Å². The van der Waals surface area contributed by atoms with Crippen LogP contribution in [0, 0.1) is 0 Å². The highest BCUT2D eigenvalue weighted by atomic mass is 35.5. The largest absolute Gasteiger partial charge is 0.551 e. The van der Waals surface area contributed by atoms with Crippen LogP contribution >= 0.6 is 11.6 Å². The van der Waals surface area contributed by atoms with Crippen LogP contribution in [0.4, 0.5) is 0 Å². The topological polar surface area (TPSA) is 14.2 Å². The summed E-state index contributed by atoms with van der Waals surface area (Å²) >= 11 is 6.44. The van der Waals surface area contributed by atoms with Gasteiger partial charge in [-0.1, -0.05) is 84.4 Å². The maximum Gasteiger partial charge on any atom is 0.432 e. The molecule has 0 amide bonds. The third kappa shape index (κ3) is 2.27. The number of rotatable bonds is 1. The lowest BCUT2D eigenvalue weighted by molar-refractivity contribution is 0.590. The number of hydrogen-bond acceptors (Lipinski definition) is 1. The molecule has 158 valence electrons. The second kappa shape index (κ2) is 6.56. The molecule has 34 heavy (non-hydrogen) atoms. The Bertz CT molecular complexity index is 1820. The minimum absolute atomic E-state index is 0.199. The summed E-state index contributed by atoms with van der Waals surface area (Å²) in [6, 6.07) is 36.3. The molecule has 2 aliphatic rings. The van der Waals surface area contributed by atoms with Crippen LogP contribution in [-0.4, -0.2) is 11.5 Å². The van der Waals surface area contributed by atoms with Crippen molar-refractivity contribution in [2.75, 3.05) is 0 Å². The van der Waals surface area contributed by atoms with Crippen LogP contribution in [0.15, 0.2) is 103 Å². The Morgan fingerprint density at radius 3 is 2.41 bits per heavy atom. The van der Waals surface area contributed by atoms with E-state index in [-0.39, 0.29) is 6.92 Å². The number of aromatic nitrogens is 1. The summed E-state index contributed by atoms with van der Waals surface area (Å²) in [5.74, 6) is 0.927. The van der Waals surface area contributed by atoms with Crippen LogP contribution < -0.4 is 15.6 Å². The van der Waals surface area contributed by atoms with Crippen LogP contribution in [0.5, 0.6) is 5.75 Å². The Kier molecular flexibility index (Phi) is 3.56. The van der Waals surface area contributed by atoms with Gasteiger partial charge in [0.05, 0.1) is 11.0 Å². The van der Waals surface area contributed by atoms with Gasteiger partial charge in [0, 0.05) is 38.0 Å². The molecule has 0 bridgehead atoms. The first-order chi connectivity index (χ1) is 16.8. The zero-order chi connectivity index (χ0) is 22.4. The molecule has 0 saturated heterocycles. The number of halogens is 1. The molecule has 0 saturated carbocycles. The molecule has 0 unspecified atom stereocenters. The lowest BCUT2D eigenvalue weighted by atomic mass is 9.49. The number of para-hydroxylation sites is 2. The number of benzene rings is 5. The van der Waals surface area contributed by atoms with E-state index in [1.807, 2.05) is 24.3 Å². The molecule has 2 nitrogen and oxygen atoms in total. The molecule has 8 rings (SSSR count). The molecule has 0 spiro atoms. The molecular formula is C30H17BClNO. The van der Waals surface area contributed by atoms with Gasteiger partial charge in [0.1, 0.15) is 5.75 Å². The average Bonchev–Trinajstić information content (AvgIpc) is 3.22. The highest BCUT2D eigenvalue weighted by molar-refractivity contribution is 6.86. The summed E-state index contributed by atoms with van der Waals surface area (Å²) in [6.45, 7) is -0.199. The summed E-state index contributed by atoms with van der Waals surface area (Å²) < 4.78 is 9.26. The van der Waals surface area contributed by atoms with Crippen molar-refractivity contribution in [1.82, 2.24) is 4.57 Å². The number of nitrogens with zero attached hydrogens (tertiary/aromatic N) is 1. The molecule has 1 aromatic heterocycles. The summed E-state index contributed by atoms with van der Waals surface area (Å²) in [5.41, 5.74) is 10.7. The maximum absolute atomic E-state index is 6.83. The highest BCUT2D eigenvalue weighted by Gasteiger charge is 2.42. The molecule has 0 N–H and O–H groups in total. The van der Waals surface area contributed by atoms with Gasteiger partial charge in [0.2, 0.25) is 0 Å². The maximum atomic E-state index is 6.83. The lowest BCUT2D eigenvalue weighted by Gasteiger charge is -2.34. The zero-order valence-electron chi connectivity index (χ0n) is 18.1. The normalized spacial score (nSPS) is 13.0. The highest BCUT2D eigenvalue weighted by Crippen LogP contribution is 2.41. The Morgan fingerprint density at radius 1 is 0.647 bits per heavy atom. The van der Waals surface area contributed by atoms with E-state index in [4.69, 9.17) is 16.3 Å². The van der Waals surface area contributed by atoms with Crippen molar-refractivity contribution < 1.29 is 4.65 Å². The predicted molar refractivity (Wildman–Crippen MR) is 142 cm³/mol. The molecule has 0 radical (unpaired) electrons. The van der Waals surface area contributed by atoms with Crippen molar-refractivity contribution in [2.45, 2.75) is 0 Å². The van der Waals surface area contributed by atoms with Crippen LogP contribution in [0.25, 0.3) is 49.7 Å². The van der Waals surface area contributed by atoms with E-state index in [2.05, 4.69) is 83.4 Å². The Hall–Kier alpha value is -3.95. The molecule has 5 aromatic carbocycles. The molecule has 2 aliphatic heterocycles. The molecule has 4 heteroatoms. The van der Waals surface area contributed by atoms with Gasteiger partial charge in [-0.05, 0) is 47.0 Å². The Morgan fingerprint density at radius 2 is 1.47 bits per heavy atom. The average molecular weight is 454 g/mol. The first-order valence-electron chi connectivity index (χ1n) is 11.5. The Balaban J connectivity index is 1.59. The predicted octanol–water partition coefficient (Wildman–Crippen LogP) is 6.58. The van der Waals surface area contributed by atoms with Gasteiger partial charge in [-0.15, -0.1) is 0 Å². The fourth-order valence-electron chi connectivity index (χ4n) is 5.95. The molecular weight excluding hydrogens is 437 g/mol. The van der Waals surface area contributed by atoms with Gasteiger partial charge < -0.3 is 9.22 Å². The SMILES string of the molecule is Clc1cccc(-c2ccc3c4ccccc4n4c3c2B2Oc3ccccc3-c3cccc-4c32)c1. The van der Waals surface area contributed by atoms with Crippen molar-refractivity contribution in [2.24, 2.45) is 0 Å². The summed E-state index contributed by atoms with van der Waals surface area (Å²) in [4.78, 5) is 0. The van der Waals surface area contributed by atoms with Crippen molar-refractivity contribution in [3.8, 4) is 33.7 Å². The summed E-state index contributed by atoms with van der Waals surface area (Å²) in [7, 11) is 0. The van der Waals surface area contributed by atoms with E-state index in [0.29, 0.717) is 0 Å². The van der Waals surface area contributed by atoms with Gasteiger partial charge in [0.25, 0.3) is 0 Å². The van der Waals surface area contributed by atoms with Crippen molar-refractivity contribution in [3.05, 3.63) is 108 Å². The van der Waals surface area contributed by atoms with Crippen LogP contribution in [-0.2, 0) is 0 Å². The lowest BCUT2D eigenvalue weighted by Crippen LogP contribution is -2.55. The number of hydrogen-bond donors (Lipinski definition) is 0. The zero-order valence-corrected chi connectivity index (χ0v) is 18.9. The van der Waals surface area contributed by atoms with E-state index < -0.39 is 0 Å². The third-order valence-electron chi connectivity index (χ3n) is 7.28. The summed E-state index contributed by atoms with van der Waals surface area (Å²) in [6.07, 6.45) is 0. The van der Waals surface area contributed by atoms with Gasteiger partial charge >= 0.3 is 6.92 Å². The molecule has 6 aromatic rings. The van der Waals surface area contributed by atoms with Crippen LogP contribution in [0.2, 0.25) is 5.02 Å². The van der Waals surface area contributed by atoms with Crippen molar-refractivity contribution in [1.29, 1.82) is 0 Å². The molecule has 0 aliphatic carbocycles. The van der Waals surface area contributed by atoms with E-state index in [1.165, 1.54) is 44.0 Å². The Labute approximate surface area is 202 Å². The first kappa shape index (κ1) is 18.5. The fraction of sp³-hybridized carbons (Fsp3) is 0. The van der Waals surface area contributed by atoms with Gasteiger partial charge in [-0.2, -0.15) is 0 Å². The van der Waals surface area contributed by atoms with Crippen LogP contribution in [0.3, 0.4) is 0 Å².